The number of rotatable bonds is 6. The topological polar surface area (TPSA) is 129 Å². The van der Waals surface area contributed by atoms with E-state index in [9.17, 15) is 4.79 Å². The van der Waals surface area contributed by atoms with Gasteiger partial charge in [0.1, 0.15) is 41.7 Å². The number of ether oxygens (including phenoxy) is 3. The largest absolute Gasteiger partial charge is 0.474 e. The fourth-order valence-electron chi connectivity index (χ4n) is 6.08. The lowest BCUT2D eigenvalue weighted by molar-refractivity contribution is -0.00757. The average molecular weight is 595 g/mol. The van der Waals surface area contributed by atoms with Crippen LogP contribution in [-0.2, 0) is 4.74 Å². The van der Waals surface area contributed by atoms with Crippen molar-refractivity contribution < 1.29 is 19.0 Å². The van der Waals surface area contributed by atoms with E-state index in [2.05, 4.69) is 30.4 Å². The van der Waals surface area contributed by atoms with E-state index in [-0.39, 0.29) is 24.3 Å². The molecule has 2 aliphatic heterocycles. The van der Waals surface area contributed by atoms with Gasteiger partial charge in [0.05, 0.1) is 11.7 Å². The lowest BCUT2D eigenvalue weighted by atomic mass is 10.0. The van der Waals surface area contributed by atoms with Crippen molar-refractivity contribution in [3.05, 3.63) is 67.0 Å². The number of aryl methyl sites for hydroxylation is 1. The van der Waals surface area contributed by atoms with Gasteiger partial charge in [-0.3, -0.25) is 0 Å². The maximum Gasteiger partial charge on any atom is 0.410 e. The number of amides is 1. The number of pyridine rings is 2. The third-order valence-corrected chi connectivity index (χ3v) is 8.00. The highest BCUT2D eigenvalue weighted by Gasteiger charge is 2.45. The first-order valence-electron chi connectivity index (χ1n) is 14.8. The van der Waals surface area contributed by atoms with Crippen LogP contribution in [0.15, 0.2) is 61.4 Å². The highest BCUT2D eigenvalue weighted by Crippen LogP contribution is 2.38. The second kappa shape index (κ2) is 10.9. The summed E-state index contributed by atoms with van der Waals surface area (Å²) >= 11 is 0. The summed E-state index contributed by atoms with van der Waals surface area (Å²) in [6, 6.07) is 11.7. The molecule has 2 fully saturated rings. The van der Waals surface area contributed by atoms with Crippen LogP contribution in [-0.4, -0.2) is 64.3 Å². The fourth-order valence-corrected chi connectivity index (χ4v) is 6.08. The standard InChI is InChI=1S/C32H34N8O4/c1-19-11-20(5-8-27(19)42-23-9-10-39-28(14-23)35-18-37-39)38-30-25-15-29(33-16-26(25)34-17-36-30)43-24-12-21-6-7-22(13-24)40(21)31(41)44-32(2,3)4/h5,8-11,14-18,21-22,24H,6-7,12-13H2,1-4H3,(H,34,36,38). The summed E-state index contributed by atoms with van der Waals surface area (Å²) in [5, 5.41) is 8.34. The van der Waals surface area contributed by atoms with Crippen molar-refractivity contribution in [3.8, 4) is 17.4 Å². The number of hydrogen-bond acceptors (Lipinski definition) is 10. The molecule has 2 aliphatic rings. The minimum atomic E-state index is -0.518. The quantitative estimate of drug-likeness (QED) is 0.242. The maximum absolute atomic E-state index is 12.8. The molecule has 12 nitrogen and oxygen atoms in total. The number of carbonyl (C=O) groups excluding carboxylic acids is 1. The van der Waals surface area contributed by atoms with E-state index in [1.54, 1.807) is 10.7 Å². The molecule has 2 saturated heterocycles. The first-order valence-corrected chi connectivity index (χ1v) is 14.8. The van der Waals surface area contributed by atoms with E-state index in [0.29, 0.717) is 28.6 Å². The molecule has 0 spiro atoms. The fraction of sp³-hybridized carbons (Fsp3) is 0.375. The normalized spacial score (nSPS) is 19.7. The molecule has 6 heterocycles. The summed E-state index contributed by atoms with van der Waals surface area (Å²) in [6.07, 6.45) is 9.66. The highest BCUT2D eigenvalue weighted by molar-refractivity contribution is 5.90. The molecule has 0 aliphatic carbocycles. The first-order chi connectivity index (χ1) is 21.2. The Kier molecular flexibility index (Phi) is 6.91. The molecule has 12 heteroatoms. The Bertz CT molecular complexity index is 1840. The van der Waals surface area contributed by atoms with Crippen LogP contribution in [0.25, 0.3) is 16.6 Å². The van der Waals surface area contributed by atoms with Gasteiger partial charge >= 0.3 is 6.09 Å². The third kappa shape index (κ3) is 5.67. The van der Waals surface area contributed by atoms with E-state index in [4.69, 9.17) is 14.2 Å². The minimum Gasteiger partial charge on any atom is -0.474 e. The maximum atomic E-state index is 12.8. The summed E-state index contributed by atoms with van der Waals surface area (Å²) < 4.78 is 19.9. The van der Waals surface area contributed by atoms with E-state index >= 15 is 0 Å². The minimum absolute atomic E-state index is 0.0437. The SMILES string of the molecule is Cc1cc(Nc2ncnc3cnc(OC4CC5CCC(C4)N5C(=O)OC(C)(C)C)cc23)ccc1Oc1ccn2ncnc2c1. The molecule has 0 radical (unpaired) electrons. The molecule has 226 valence electrons. The van der Waals surface area contributed by atoms with Crippen LogP contribution in [0.5, 0.6) is 17.4 Å². The monoisotopic (exact) mass is 594 g/mol. The van der Waals surface area contributed by atoms with E-state index < -0.39 is 5.60 Å². The van der Waals surface area contributed by atoms with Gasteiger partial charge in [-0.2, -0.15) is 5.10 Å². The van der Waals surface area contributed by atoms with E-state index in [1.165, 1.54) is 12.7 Å². The van der Waals surface area contributed by atoms with Gasteiger partial charge in [0.25, 0.3) is 0 Å². The Balaban J connectivity index is 1.05. The molecular weight excluding hydrogens is 560 g/mol. The van der Waals surface area contributed by atoms with Gasteiger partial charge in [-0.1, -0.05) is 0 Å². The zero-order chi connectivity index (χ0) is 30.4. The van der Waals surface area contributed by atoms with Gasteiger partial charge in [0.2, 0.25) is 5.88 Å². The molecule has 44 heavy (non-hydrogen) atoms. The number of fused-ring (bicyclic) bond motifs is 4. The van der Waals surface area contributed by atoms with Gasteiger partial charge in [-0.15, -0.1) is 0 Å². The van der Waals surface area contributed by atoms with Gasteiger partial charge in [-0.25, -0.2) is 29.2 Å². The molecule has 2 atom stereocenters. The molecule has 1 amide bonds. The Hall–Kier alpha value is -5.00. The third-order valence-electron chi connectivity index (χ3n) is 8.00. The lowest BCUT2D eigenvalue weighted by Gasteiger charge is -2.39. The molecule has 1 N–H and O–H groups in total. The summed E-state index contributed by atoms with van der Waals surface area (Å²) in [7, 11) is 0. The smallest absolute Gasteiger partial charge is 0.410 e. The van der Waals surface area contributed by atoms with Crippen molar-refractivity contribution in [3.63, 3.8) is 0 Å². The first kappa shape index (κ1) is 27.8. The van der Waals surface area contributed by atoms with Crippen molar-refractivity contribution >= 4 is 34.1 Å². The number of benzene rings is 1. The molecule has 5 aromatic rings. The Morgan fingerprint density at radius 2 is 1.80 bits per heavy atom. The predicted molar refractivity (Wildman–Crippen MR) is 163 cm³/mol. The summed E-state index contributed by atoms with van der Waals surface area (Å²) in [5.41, 5.74) is 2.71. The lowest BCUT2D eigenvalue weighted by Crippen LogP contribution is -2.50. The Labute approximate surface area is 254 Å². The van der Waals surface area contributed by atoms with Crippen LogP contribution in [0, 0.1) is 6.92 Å². The van der Waals surface area contributed by atoms with Crippen LogP contribution in [0.4, 0.5) is 16.3 Å². The van der Waals surface area contributed by atoms with Crippen molar-refractivity contribution in [2.75, 3.05) is 5.32 Å². The van der Waals surface area contributed by atoms with Gasteiger partial charge in [0.15, 0.2) is 5.65 Å². The number of anilines is 2. The van der Waals surface area contributed by atoms with Crippen LogP contribution in [0.1, 0.15) is 52.0 Å². The summed E-state index contributed by atoms with van der Waals surface area (Å²) in [5.74, 6) is 2.57. The molecule has 7 rings (SSSR count). The van der Waals surface area contributed by atoms with Crippen LogP contribution in [0.2, 0.25) is 0 Å². The second-order valence-corrected chi connectivity index (χ2v) is 12.4. The Morgan fingerprint density at radius 3 is 2.57 bits per heavy atom. The van der Waals surface area contributed by atoms with Crippen molar-refractivity contribution in [2.24, 2.45) is 0 Å². The van der Waals surface area contributed by atoms with Crippen LogP contribution < -0.4 is 14.8 Å². The molecule has 2 unspecified atom stereocenters. The molecule has 1 aromatic carbocycles. The van der Waals surface area contributed by atoms with Gasteiger partial charge < -0.3 is 24.4 Å². The summed E-state index contributed by atoms with van der Waals surface area (Å²) in [6.45, 7) is 7.68. The number of carbonyl (C=O) groups is 1. The van der Waals surface area contributed by atoms with Gasteiger partial charge in [0, 0.05) is 54.3 Å². The number of piperidine rings is 1. The van der Waals surface area contributed by atoms with E-state index in [1.807, 2.05) is 75.2 Å². The predicted octanol–water partition coefficient (Wildman–Crippen LogP) is 6.22. The van der Waals surface area contributed by atoms with Crippen molar-refractivity contribution in [1.29, 1.82) is 0 Å². The van der Waals surface area contributed by atoms with Crippen LogP contribution >= 0.6 is 0 Å². The Morgan fingerprint density at radius 1 is 0.977 bits per heavy atom. The molecule has 0 saturated carbocycles. The zero-order valence-electron chi connectivity index (χ0n) is 25.1. The number of nitrogens with one attached hydrogen (secondary N) is 1. The number of aromatic nitrogens is 6. The number of nitrogens with zero attached hydrogens (tertiary/aromatic N) is 7. The van der Waals surface area contributed by atoms with Crippen molar-refractivity contribution in [1.82, 2.24) is 34.4 Å². The number of hydrogen-bond donors (Lipinski definition) is 1. The molecular formula is C32H34N8O4. The molecule has 2 bridgehead atoms. The van der Waals surface area contributed by atoms with Gasteiger partial charge in [-0.05, 0) is 70.4 Å². The van der Waals surface area contributed by atoms with Crippen molar-refractivity contribution in [2.45, 2.75) is 77.2 Å². The average Bonchev–Trinajstić information content (AvgIpc) is 3.55. The highest BCUT2D eigenvalue weighted by atomic mass is 16.6. The van der Waals surface area contributed by atoms with Crippen LogP contribution in [0.3, 0.4) is 0 Å². The molecule has 4 aromatic heterocycles. The summed E-state index contributed by atoms with van der Waals surface area (Å²) in [4.78, 5) is 32.4. The van der Waals surface area contributed by atoms with E-state index in [0.717, 1.165) is 48.1 Å². The zero-order valence-corrected chi connectivity index (χ0v) is 25.1. The second-order valence-electron chi connectivity index (χ2n) is 12.4.